The largest absolute Gasteiger partial charge is 0.505 e. The molecule has 0 bridgehead atoms. The molecule has 0 aliphatic carbocycles. The van der Waals surface area contributed by atoms with Crippen molar-refractivity contribution in [3.8, 4) is 0 Å². The van der Waals surface area contributed by atoms with Crippen molar-refractivity contribution in [2.24, 2.45) is 0 Å². The number of hydrogen-bond donors (Lipinski definition) is 4. The monoisotopic (exact) mass is 220 g/mol. The van der Waals surface area contributed by atoms with E-state index in [1.807, 2.05) is 0 Å². The SMILES string of the molecule is CCO[C@](O)(CO)[C@H]1OC(=O)C(O)=C1O. The molecule has 0 saturated carbocycles. The summed E-state index contributed by atoms with van der Waals surface area (Å²) in [6.07, 6.45) is -1.62. The molecule has 1 heterocycles. The Morgan fingerprint density at radius 2 is 2.13 bits per heavy atom. The van der Waals surface area contributed by atoms with Gasteiger partial charge in [-0.3, -0.25) is 0 Å². The molecule has 1 rings (SSSR count). The van der Waals surface area contributed by atoms with Gasteiger partial charge in [0.1, 0.15) is 6.61 Å². The van der Waals surface area contributed by atoms with E-state index in [0.29, 0.717) is 0 Å². The lowest BCUT2D eigenvalue weighted by Gasteiger charge is -2.29. The molecule has 1 aliphatic heterocycles. The van der Waals surface area contributed by atoms with Crippen LogP contribution in [0, 0.1) is 0 Å². The molecule has 0 spiro atoms. The molecule has 0 saturated heterocycles. The van der Waals surface area contributed by atoms with Crippen LogP contribution in [0.25, 0.3) is 0 Å². The van der Waals surface area contributed by atoms with Crippen molar-refractivity contribution in [3.63, 3.8) is 0 Å². The van der Waals surface area contributed by atoms with Crippen LogP contribution >= 0.6 is 0 Å². The summed E-state index contributed by atoms with van der Waals surface area (Å²) in [5.74, 6) is -5.28. The number of carbonyl (C=O) groups is 1. The second-order valence-electron chi connectivity index (χ2n) is 2.96. The van der Waals surface area contributed by atoms with E-state index in [9.17, 15) is 15.0 Å². The first kappa shape index (κ1) is 11.8. The van der Waals surface area contributed by atoms with E-state index in [4.69, 9.17) is 14.9 Å². The quantitative estimate of drug-likeness (QED) is 0.353. The van der Waals surface area contributed by atoms with Crippen LogP contribution in [-0.2, 0) is 14.3 Å². The molecule has 86 valence electrons. The number of carbonyl (C=O) groups excluding carboxylic acids is 1. The fourth-order valence-electron chi connectivity index (χ4n) is 1.21. The number of ether oxygens (including phenoxy) is 2. The molecule has 15 heavy (non-hydrogen) atoms. The first-order chi connectivity index (χ1) is 6.96. The predicted octanol–water partition coefficient (Wildman–Crippen LogP) is -1.04. The second-order valence-corrected chi connectivity index (χ2v) is 2.96. The zero-order valence-electron chi connectivity index (χ0n) is 8.01. The van der Waals surface area contributed by atoms with Crippen molar-refractivity contribution in [2.45, 2.75) is 18.8 Å². The highest BCUT2D eigenvalue weighted by Crippen LogP contribution is 2.28. The van der Waals surface area contributed by atoms with Crippen molar-refractivity contribution in [1.82, 2.24) is 0 Å². The second kappa shape index (κ2) is 4.05. The van der Waals surface area contributed by atoms with E-state index in [0.717, 1.165) is 0 Å². The van der Waals surface area contributed by atoms with Crippen molar-refractivity contribution in [3.05, 3.63) is 11.5 Å². The summed E-state index contributed by atoms with van der Waals surface area (Å²) >= 11 is 0. The molecule has 0 aromatic carbocycles. The number of rotatable bonds is 4. The van der Waals surface area contributed by atoms with Crippen LogP contribution in [-0.4, -0.2) is 51.5 Å². The van der Waals surface area contributed by atoms with E-state index in [1.54, 1.807) is 0 Å². The highest BCUT2D eigenvalue weighted by Gasteiger charge is 2.49. The standard InChI is InChI=1S/C8H12O7/c1-2-14-8(13,3-9)6-4(10)5(11)7(12)15-6/h6,9-11,13H,2-3H2,1H3/t6-,8+/m0/s1. The smallest absolute Gasteiger partial charge is 0.378 e. The molecular weight excluding hydrogens is 208 g/mol. The number of hydrogen-bond acceptors (Lipinski definition) is 7. The highest BCUT2D eigenvalue weighted by atomic mass is 16.7. The van der Waals surface area contributed by atoms with E-state index in [1.165, 1.54) is 6.92 Å². The minimum Gasteiger partial charge on any atom is -0.505 e. The van der Waals surface area contributed by atoms with Crippen LogP contribution in [0.1, 0.15) is 6.92 Å². The number of cyclic esters (lactones) is 1. The fourth-order valence-corrected chi connectivity index (χ4v) is 1.21. The molecule has 7 heteroatoms. The van der Waals surface area contributed by atoms with Crippen LogP contribution in [0.4, 0.5) is 0 Å². The molecule has 0 fully saturated rings. The highest BCUT2D eigenvalue weighted by molar-refractivity contribution is 5.89. The van der Waals surface area contributed by atoms with Crippen molar-refractivity contribution >= 4 is 5.97 Å². The molecule has 7 nitrogen and oxygen atoms in total. The van der Waals surface area contributed by atoms with Gasteiger partial charge in [0.05, 0.1) is 0 Å². The Labute approximate surface area is 85.2 Å². The Morgan fingerprint density at radius 1 is 1.53 bits per heavy atom. The molecule has 4 N–H and O–H groups in total. The third-order valence-electron chi connectivity index (χ3n) is 1.94. The lowest BCUT2D eigenvalue weighted by Crippen LogP contribution is -2.49. The Hall–Kier alpha value is -1.31. The summed E-state index contributed by atoms with van der Waals surface area (Å²) in [5.41, 5.74) is 0. The van der Waals surface area contributed by atoms with Crippen molar-refractivity contribution in [2.75, 3.05) is 13.2 Å². The summed E-state index contributed by atoms with van der Waals surface area (Å²) < 4.78 is 9.20. The van der Waals surface area contributed by atoms with Gasteiger partial charge in [0.15, 0.2) is 5.76 Å². The molecule has 1 aliphatic rings. The first-order valence-corrected chi connectivity index (χ1v) is 4.26. The summed E-state index contributed by atoms with van der Waals surface area (Å²) in [6, 6.07) is 0. The Morgan fingerprint density at radius 3 is 2.47 bits per heavy atom. The van der Waals surface area contributed by atoms with Crippen molar-refractivity contribution < 1.29 is 34.7 Å². The zero-order chi connectivity index (χ0) is 11.6. The van der Waals surface area contributed by atoms with Crippen LogP contribution in [0.3, 0.4) is 0 Å². The van der Waals surface area contributed by atoms with Gasteiger partial charge in [-0.05, 0) is 6.92 Å². The summed E-state index contributed by atoms with van der Waals surface area (Å²) in [5, 5.41) is 36.8. The van der Waals surface area contributed by atoms with Gasteiger partial charge in [0.25, 0.3) is 0 Å². The van der Waals surface area contributed by atoms with Gasteiger partial charge in [-0.1, -0.05) is 0 Å². The lowest BCUT2D eigenvalue weighted by molar-refractivity contribution is -0.267. The minimum atomic E-state index is -2.25. The lowest BCUT2D eigenvalue weighted by atomic mass is 10.1. The van der Waals surface area contributed by atoms with Crippen LogP contribution in [0.15, 0.2) is 11.5 Å². The van der Waals surface area contributed by atoms with Crippen LogP contribution in [0.5, 0.6) is 0 Å². The third kappa shape index (κ3) is 1.89. The summed E-state index contributed by atoms with van der Waals surface area (Å²) in [6.45, 7) is 0.674. The molecule has 0 unspecified atom stereocenters. The number of esters is 1. The summed E-state index contributed by atoms with van der Waals surface area (Å²) in [7, 11) is 0. The van der Waals surface area contributed by atoms with Crippen molar-refractivity contribution in [1.29, 1.82) is 0 Å². The van der Waals surface area contributed by atoms with E-state index >= 15 is 0 Å². The van der Waals surface area contributed by atoms with Crippen LogP contribution in [0.2, 0.25) is 0 Å². The number of aliphatic hydroxyl groups is 4. The average Bonchev–Trinajstić information content (AvgIpc) is 2.47. The predicted molar refractivity (Wildman–Crippen MR) is 45.8 cm³/mol. The van der Waals surface area contributed by atoms with Gasteiger partial charge >= 0.3 is 5.97 Å². The molecular formula is C8H12O7. The van der Waals surface area contributed by atoms with Gasteiger partial charge in [-0.25, -0.2) is 4.79 Å². The Balaban J connectivity index is 2.94. The minimum absolute atomic E-state index is 0.0269. The maximum atomic E-state index is 10.8. The van der Waals surface area contributed by atoms with E-state index < -0.39 is 36.0 Å². The number of aliphatic hydroxyl groups excluding tert-OH is 3. The molecule has 0 aromatic heterocycles. The van der Waals surface area contributed by atoms with Gasteiger partial charge in [-0.2, -0.15) is 0 Å². The Kier molecular flexibility index (Phi) is 3.18. The normalized spacial score (nSPS) is 25.3. The molecule has 0 aromatic rings. The van der Waals surface area contributed by atoms with Gasteiger partial charge in [0, 0.05) is 6.61 Å². The topological polar surface area (TPSA) is 116 Å². The average molecular weight is 220 g/mol. The zero-order valence-corrected chi connectivity index (χ0v) is 8.01. The Bertz CT molecular complexity index is 297. The van der Waals surface area contributed by atoms with Crippen LogP contribution < -0.4 is 0 Å². The molecule has 2 atom stereocenters. The van der Waals surface area contributed by atoms with Gasteiger partial charge < -0.3 is 29.9 Å². The maximum Gasteiger partial charge on any atom is 0.378 e. The molecule has 0 amide bonds. The summed E-state index contributed by atoms with van der Waals surface area (Å²) in [4.78, 5) is 10.8. The third-order valence-corrected chi connectivity index (χ3v) is 1.94. The molecule has 0 radical (unpaired) electrons. The van der Waals surface area contributed by atoms with E-state index in [2.05, 4.69) is 4.74 Å². The van der Waals surface area contributed by atoms with Gasteiger partial charge in [0.2, 0.25) is 17.7 Å². The van der Waals surface area contributed by atoms with E-state index in [-0.39, 0.29) is 6.61 Å². The fraction of sp³-hybridized carbons (Fsp3) is 0.625. The maximum absolute atomic E-state index is 10.8. The van der Waals surface area contributed by atoms with Gasteiger partial charge in [-0.15, -0.1) is 0 Å². The first-order valence-electron chi connectivity index (χ1n) is 4.26.